The van der Waals surface area contributed by atoms with Crippen molar-refractivity contribution in [2.24, 2.45) is 0 Å². The van der Waals surface area contributed by atoms with Gasteiger partial charge in [0.15, 0.2) is 0 Å². The maximum Gasteiger partial charge on any atom is 0.245 e. The van der Waals surface area contributed by atoms with Crippen molar-refractivity contribution in [3.05, 3.63) is 30.1 Å². The summed E-state index contributed by atoms with van der Waals surface area (Å²) in [6.45, 7) is 4.34. The van der Waals surface area contributed by atoms with Crippen LogP contribution in [0.4, 0.5) is 4.39 Å². The molecule has 0 bridgehead atoms. The number of nitrogens with zero attached hydrogens (tertiary/aromatic N) is 2. The van der Waals surface area contributed by atoms with Crippen LogP contribution >= 0.6 is 0 Å². The molecule has 120 valence electrons. The number of rotatable bonds is 5. The number of hydrogen-bond acceptors (Lipinski definition) is 3. The van der Waals surface area contributed by atoms with E-state index in [0.717, 1.165) is 0 Å². The van der Waals surface area contributed by atoms with Crippen molar-refractivity contribution in [3.8, 4) is 5.75 Å². The smallest absolute Gasteiger partial charge is 0.245 e. The summed E-state index contributed by atoms with van der Waals surface area (Å²) in [5, 5.41) is 0. The van der Waals surface area contributed by atoms with Crippen molar-refractivity contribution in [3.63, 3.8) is 0 Å². The number of carbonyl (C=O) groups is 2. The summed E-state index contributed by atoms with van der Waals surface area (Å²) >= 11 is 0. The second-order valence-electron chi connectivity index (χ2n) is 5.49. The predicted octanol–water partition coefficient (Wildman–Crippen LogP) is 1.67. The molecule has 1 fully saturated rings. The van der Waals surface area contributed by atoms with E-state index in [1.165, 1.54) is 17.0 Å². The third kappa shape index (κ3) is 3.37. The Bertz CT molecular complexity index is 547. The van der Waals surface area contributed by atoms with Gasteiger partial charge in [0.05, 0.1) is 6.61 Å². The molecule has 6 heteroatoms. The van der Waals surface area contributed by atoms with Crippen molar-refractivity contribution in [1.29, 1.82) is 0 Å². The van der Waals surface area contributed by atoms with Crippen LogP contribution in [0.3, 0.4) is 0 Å². The molecular weight excluding hydrogens is 287 g/mol. The maximum absolute atomic E-state index is 12.8. The van der Waals surface area contributed by atoms with Crippen LogP contribution in [0.15, 0.2) is 24.3 Å². The Kier molecular flexibility index (Phi) is 5.00. The summed E-state index contributed by atoms with van der Waals surface area (Å²) in [6.07, 6.45) is 0.608. The van der Waals surface area contributed by atoms with Gasteiger partial charge in [-0.25, -0.2) is 4.39 Å². The number of amides is 2. The van der Waals surface area contributed by atoms with Crippen LogP contribution in [0, 0.1) is 5.82 Å². The van der Waals surface area contributed by atoms with Gasteiger partial charge in [0.1, 0.15) is 23.7 Å². The molecule has 2 atom stereocenters. The third-order valence-electron chi connectivity index (χ3n) is 4.02. The number of ether oxygens (including phenoxy) is 1. The fourth-order valence-electron chi connectivity index (χ4n) is 2.47. The normalized spacial score (nSPS) is 22.2. The van der Waals surface area contributed by atoms with Gasteiger partial charge in [-0.15, -0.1) is 0 Å². The zero-order chi connectivity index (χ0) is 16.3. The van der Waals surface area contributed by atoms with E-state index in [4.69, 9.17) is 4.74 Å². The van der Waals surface area contributed by atoms with Crippen LogP contribution in [0.2, 0.25) is 0 Å². The molecule has 0 aromatic heterocycles. The van der Waals surface area contributed by atoms with E-state index < -0.39 is 12.1 Å². The number of piperazine rings is 1. The molecule has 0 unspecified atom stereocenters. The van der Waals surface area contributed by atoms with Gasteiger partial charge in [-0.1, -0.05) is 0 Å². The monoisotopic (exact) mass is 308 g/mol. The Balaban J connectivity index is 1.84. The Hall–Kier alpha value is -2.11. The molecule has 0 radical (unpaired) electrons. The SMILES string of the molecule is C[C@H]1C(=O)N(CCCOc2ccc(F)cc2)[C@@H](C)C(=O)N1C. The van der Waals surface area contributed by atoms with Gasteiger partial charge in [-0.3, -0.25) is 9.59 Å². The van der Waals surface area contributed by atoms with Crippen molar-refractivity contribution in [1.82, 2.24) is 9.80 Å². The average molecular weight is 308 g/mol. The molecule has 1 saturated heterocycles. The largest absolute Gasteiger partial charge is 0.494 e. The van der Waals surface area contributed by atoms with Crippen LogP contribution in [-0.2, 0) is 9.59 Å². The van der Waals surface area contributed by atoms with Gasteiger partial charge in [-0.2, -0.15) is 0 Å². The molecule has 2 amide bonds. The first-order valence-corrected chi connectivity index (χ1v) is 7.37. The summed E-state index contributed by atoms with van der Waals surface area (Å²) in [6, 6.07) is 4.92. The third-order valence-corrected chi connectivity index (χ3v) is 4.02. The molecule has 0 N–H and O–H groups in total. The Morgan fingerprint density at radius 3 is 2.36 bits per heavy atom. The first kappa shape index (κ1) is 16.3. The average Bonchev–Trinajstić information content (AvgIpc) is 2.52. The van der Waals surface area contributed by atoms with E-state index in [2.05, 4.69) is 0 Å². The van der Waals surface area contributed by atoms with Crippen molar-refractivity contribution in [2.75, 3.05) is 20.2 Å². The van der Waals surface area contributed by atoms with Crippen LogP contribution in [0.1, 0.15) is 20.3 Å². The van der Waals surface area contributed by atoms with E-state index in [-0.39, 0.29) is 17.6 Å². The minimum atomic E-state index is -0.445. The van der Waals surface area contributed by atoms with Gasteiger partial charge in [-0.05, 0) is 44.5 Å². The van der Waals surface area contributed by atoms with Crippen molar-refractivity contribution in [2.45, 2.75) is 32.4 Å². The molecule has 0 aliphatic carbocycles. The summed E-state index contributed by atoms with van der Waals surface area (Å²) in [5.74, 6) is 0.184. The molecule has 22 heavy (non-hydrogen) atoms. The molecule has 0 spiro atoms. The lowest BCUT2D eigenvalue weighted by Gasteiger charge is -2.41. The molecule has 1 aromatic carbocycles. The number of halogens is 1. The second-order valence-corrected chi connectivity index (χ2v) is 5.49. The standard InChI is InChI=1S/C16H21FN2O3/c1-11-16(21)19(12(2)15(20)18(11)3)9-4-10-22-14-7-5-13(17)6-8-14/h5-8,11-12H,4,9-10H2,1-3H3/t11-,12-/m0/s1. The van der Waals surface area contributed by atoms with Crippen molar-refractivity contribution < 1.29 is 18.7 Å². The number of benzene rings is 1. The molecule has 1 heterocycles. The van der Waals surface area contributed by atoms with E-state index in [1.54, 1.807) is 37.9 Å². The van der Waals surface area contributed by atoms with Gasteiger partial charge < -0.3 is 14.5 Å². The van der Waals surface area contributed by atoms with E-state index in [9.17, 15) is 14.0 Å². The lowest BCUT2D eigenvalue weighted by molar-refractivity contribution is -0.158. The first-order valence-electron chi connectivity index (χ1n) is 7.37. The van der Waals surface area contributed by atoms with Crippen molar-refractivity contribution >= 4 is 11.8 Å². The Morgan fingerprint density at radius 2 is 1.73 bits per heavy atom. The fraction of sp³-hybridized carbons (Fsp3) is 0.500. The van der Waals surface area contributed by atoms with Gasteiger partial charge in [0.2, 0.25) is 11.8 Å². The highest BCUT2D eigenvalue weighted by molar-refractivity contribution is 5.96. The minimum absolute atomic E-state index is 0.0450. The molecule has 2 rings (SSSR count). The molecule has 0 saturated carbocycles. The number of hydrogen-bond donors (Lipinski definition) is 0. The van der Waals surface area contributed by atoms with E-state index >= 15 is 0 Å². The highest BCUT2D eigenvalue weighted by Gasteiger charge is 2.39. The fourth-order valence-corrected chi connectivity index (χ4v) is 2.47. The summed E-state index contributed by atoms with van der Waals surface area (Å²) in [5.41, 5.74) is 0. The maximum atomic E-state index is 12.8. The topological polar surface area (TPSA) is 49.9 Å². The van der Waals surface area contributed by atoms with Gasteiger partial charge >= 0.3 is 0 Å². The highest BCUT2D eigenvalue weighted by Crippen LogP contribution is 2.17. The lowest BCUT2D eigenvalue weighted by Crippen LogP contribution is -2.61. The zero-order valence-electron chi connectivity index (χ0n) is 13.1. The highest BCUT2D eigenvalue weighted by atomic mass is 19.1. The number of likely N-dealkylation sites (N-methyl/N-ethyl adjacent to an activating group) is 1. The molecule has 5 nitrogen and oxygen atoms in total. The summed E-state index contributed by atoms with van der Waals surface area (Å²) < 4.78 is 18.3. The Morgan fingerprint density at radius 1 is 1.09 bits per heavy atom. The molecule has 1 aliphatic rings. The van der Waals surface area contributed by atoms with Crippen LogP contribution < -0.4 is 4.74 Å². The van der Waals surface area contributed by atoms with Gasteiger partial charge in [0, 0.05) is 13.6 Å². The van der Waals surface area contributed by atoms with Crippen LogP contribution in [0.5, 0.6) is 5.75 Å². The zero-order valence-corrected chi connectivity index (χ0v) is 13.1. The predicted molar refractivity (Wildman–Crippen MR) is 79.9 cm³/mol. The van der Waals surface area contributed by atoms with Gasteiger partial charge in [0.25, 0.3) is 0 Å². The quantitative estimate of drug-likeness (QED) is 0.778. The minimum Gasteiger partial charge on any atom is -0.494 e. The van der Waals surface area contributed by atoms with Crippen LogP contribution in [-0.4, -0.2) is 53.9 Å². The van der Waals surface area contributed by atoms with E-state index in [0.29, 0.717) is 25.3 Å². The first-order chi connectivity index (χ1) is 10.4. The Labute approximate surface area is 129 Å². The number of carbonyl (C=O) groups excluding carboxylic acids is 2. The summed E-state index contributed by atoms with van der Waals surface area (Å²) in [7, 11) is 1.65. The second kappa shape index (κ2) is 6.77. The molecular formula is C16H21FN2O3. The lowest BCUT2D eigenvalue weighted by atomic mass is 10.1. The molecule has 1 aromatic rings. The van der Waals surface area contributed by atoms with E-state index in [1.807, 2.05) is 0 Å². The molecule has 1 aliphatic heterocycles. The van der Waals surface area contributed by atoms with Crippen LogP contribution in [0.25, 0.3) is 0 Å². The summed E-state index contributed by atoms with van der Waals surface area (Å²) in [4.78, 5) is 27.4.